The van der Waals surface area contributed by atoms with Crippen LogP contribution in [0.15, 0.2) is 30.3 Å². The van der Waals surface area contributed by atoms with Crippen LogP contribution in [0.5, 0.6) is 17.2 Å². The molecule has 10 atom stereocenters. The number of aromatic hydroxyl groups is 1. The first-order chi connectivity index (χ1) is 16.7. The maximum atomic E-state index is 10.7. The highest BCUT2D eigenvalue weighted by Gasteiger charge is 2.46. The van der Waals surface area contributed by atoms with Gasteiger partial charge < -0.3 is 64.9 Å². The lowest BCUT2D eigenvalue weighted by molar-refractivity contribution is -0.277. The number of benzene rings is 2. The summed E-state index contributed by atoms with van der Waals surface area (Å²) in [5.41, 5.74) is 0. The molecule has 0 aromatic heterocycles. The fourth-order valence-corrected chi connectivity index (χ4v) is 4.09. The van der Waals surface area contributed by atoms with Crippen LogP contribution in [0, 0.1) is 0 Å². The zero-order valence-electron chi connectivity index (χ0n) is 18.2. The molecule has 0 spiro atoms. The number of ether oxygens (including phenoxy) is 4. The second kappa shape index (κ2) is 10.4. The van der Waals surface area contributed by atoms with E-state index in [-0.39, 0.29) is 16.9 Å². The van der Waals surface area contributed by atoms with Gasteiger partial charge in [-0.15, -0.1) is 0 Å². The molecule has 0 amide bonds. The molecule has 0 saturated carbocycles. The van der Waals surface area contributed by atoms with Crippen LogP contribution in [-0.4, -0.2) is 121 Å². The van der Waals surface area contributed by atoms with Gasteiger partial charge in [0.1, 0.15) is 54.6 Å². The Morgan fingerprint density at radius 2 is 1.14 bits per heavy atom. The molecule has 2 saturated heterocycles. The molecule has 35 heavy (non-hydrogen) atoms. The van der Waals surface area contributed by atoms with Gasteiger partial charge in [0.15, 0.2) is 11.5 Å². The molecule has 2 aromatic carbocycles. The summed E-state index contributed by atoms with van der Waals surface area (Å²) in [6.07, 6.45) is -15.4. The van der Waals surface area contributed by atoms with Crippen LogP contribution < -0.4 is 9.47 Å². The van der Waals surface area contributed by atoms with Gasteiger partial charge in [-0.25, -0.2) is 0 Å². The molecule has 2 fully saturated rings. The van der Waals surface area contributed by atoms with Gasteiger partial charge in [0, 0.05) is 16.8 Å². The number of phenols is 1. The highest BCUT2D eigenvalue weighted by molar-refractivity contribution is 5.95. The topological polar surface area (TPSA) is 219 Å². The van der Waals surface area contributed by atoms with Gasteiger partial charge in [-0.05, 0) is 0 Å². The van der Waals surface area contributed by atoms with Crippen molar-refractivity contribution in [2.24, 2.45) is 0 Å². The van der Waals surface area contributed by atoms with E-state index in [2.05, 4.69) is 0 Å². The van der Waals surface area contributed by atoms with Crippen LogP contribution in [-0.2, 0) is 9.47 Å². The minimum absolute atomic E-state index is 0.0106. The SMILES string of the molecule is OCC1OC(Oc2cc(O)c(OC3OC(CO)C(O)C(O)C3O)c3ccccc23)C(O)C(O)C1O. The third-order valence-electron chi connectivity index (χ3n) is 6.11. The molecular formula is C22H28O13. The lowest BCUT2D eigenvalue weighted by Crippen LogP contribution is -2.60. The van der Waals surface area contributed by atoms with E-state index in [4.69, 9.17) is 18.9 Å². The van der Waals surface area contributed by atoms with E-state index < -0.39 is 80.4 Å². The molecule has 2 aliphatic rings. The van der Waals surface area contributed by atoms with Gasteiger partial charge in [-0.1, -0.05) is 24.3 Å². The summed E-state index contributed by atoms with van der Waals surface area (Å²) >= 11 is 0. The fraction of sp³-hybridized carbons (Fsp3) is 0.545. The Hall–Kier alpha value is -2.30. The van der Waals surface area contributed by atoms with Crippen molar-refractivity contribution in [3.8, 4) is 17.2 Å². The first-order valence-corrected chi connectivity index (χ1v) is 10.9. The summed E-state index contributed by atoms with van der Waals surface area (Å²) < 4.78 is 22.0. The van der Waals surface area contributed by atoms with Crippen LogP contribution in [0.25, 0.3) is 10.8 Å². The molecule has 13 heteroatoms. The van der Waals surface area contributed by atoms with Crippen molar-refractivity contribution in [3.05, 3.63) is 30.3 Å². The molecule has 2 heterocycles. The molecule has 2 aromatic rings. The zero-order valence-corrected chi connectivity index (χ0v) is 18.2. The quantitative estimate of drug-likeness (QED) is 0.192. The van der Waals surface area contributed by atoms with Crippen LogP contribution in [0.2, 0.25) is 0 Å². The van der Waals surface area contributed by atoms with Crippen molar-refractivity contribution in [1.29, 1.82) is 0 Å². The summed E-state index contributed by atoms with van der Waals surface area (Å²) in [5, 5.41) is 90.5. The van der Waals surface area contributed by atoms with E-state index in [0.717, 1.165) is 6.07 Å². The van der Waals surface area contributed by atoms with E-state index in [0.29, 0.717) is 5.39 Å². The number of phenolic OH excluding ortho intramolecular Hbond substituents is 1. The largest absolute Gasteiger partial charge is 0.504 e. The first kappa shape index (κ1) is 25.8. The first-order valence-electron chi connectivity index (χ1n) is 10.9. The fourth-order valence-electron chi connectivity index (χ4n) is 4.09. The number of aliphatic hydroxyl groups excluding tert-OH is 8. The summed E-state index contributed by atoms with van der Waals surface area (Å²) in [5.74, 6) is -0.685. The van der Waals surface area contributed by atoms with E-state index in [9.17, 15) is 46.0 Å². The minimum Gasteiger partial charge on any atom is -0.504 e. The Morgan fingerprint density at radius 1 is 0.657 bits per heavy atom. The smallest absolute Gasteiger partial charge is 0.229 e. The van der Waals surface area contributed by atoms with E-state index in [1.807, 2.05) is 0 Å². The standard InChI is InChI=1S/C22H28O13/c23-6-12-14(26)16(28)18(30)21(33-12)32-11-5-10(25)20(9-4-2-1-3-8(9)11)35-22-19(31)17(29)15(27)13(7-24)34-22/h1-5,12-19,21-31H,6-7H2. The third-order valence-corrected chi connectivity index (χ3v) is 6.11. The number of rotatable bonds is 6. The van der Waals surface area contributed by atoms with Crippen molar-refractivity contribution in [3.63, 3.8) is 0 Å². The van der Waals surface area contributed by atoms with Crippen LogP contribution in [0.1, 0.15) is 0 Å². The number of hydrogen-bond acceptors (Lipinski definition) is 13. The second-order valence-electron chi connectivity index (χ2n) is 8.40. The van der Waals surface area contributed by atoms with E-state index in [1.54, 1.807) is 18.2 Å². The molecule has 2 aliphatic heterocycles. The minimum atomic E-state index is -1.71. The Morgan fingerprint density at radius 3 is 1.66 bits per heavy atom. The van der Waals surface area contributed by atoms with Gasteiger partial charge in [-0.3, -0.25) is 0 Å². The molecule has 0 radical (unpaired) electrons. The summed E-state index contributed by atoms with van der Waals surface area (Å²) in [4.78, 5) is 0. The average molecular weight is 500 g/mol. The lowest BCUT2D eigenvalue weighted by atomic mass is 9.99. The van der Waals surface area contributed by atoms with Gasteiger partial charge in [0.2, 0.25) is 12.6 Å². The Kier molecular flexibility index (Phi) is 7.63. The molecule has 194 valence electrons. The van der Waals surface area contributed by atoms with Gasteiger partial charge in [-0.2, -0.15) is 0 Å². The van der Waals surface area contributed by atoms with Gasteiger partial charge >= 0.3 is 0 Å². The molecule has 9 N–H and O–H groups in total. The summed E-state index contributed by atoms with van der Waals surface area (Å²) in [6.45, 7) is -1.31. The van der Waals surface area contributed by atoms with E-state index >= 15 is 0 Å². The predicted octanol–water partition coefficient (Wildman–Crippen LogP) is -3.10. The number of hydrogen-bond donors (Lipinski definition) is 9. The van der Waals surface area contributed by atoms with Crippen molar-refractivity contribution in [2.75, 3.05) is 13.2 Å². The van der Waals surface area contributed by atoms with Crippen LogP contribution in [0.3, 0.4) is 0 Å². The maximum Gasteiger partial charge on any atom is 0.229 e. The Labute approximate surface area is 198 Å². The number of fused-ring (bicyclic) bond motifs is 1. The van der Waals surface area contributed by atoms with Crippen molar-refractivity contribution >= 4 is 10.8 Å². The summed E-state index contributed by atoms with van der Waals surface area (Å²) in [7, 11) is 0. The van der Waals surface area contributed by atoms with Crippen LogP contribution in [0.4, 0.5) is 0 Å². The molecular weight excluding hydrogens is 472 g/mol. The third kappa shape index (κ3) is 4.75. The van der Waals surface area contributed by atoms with Crippen molar-refractivity contribution in [1.82, 2.24) is 0 Å². The van der Waals surface area contributed by atoms with Crippen molar-refractivity contribution in [2.45, 2.75) is 61.4 Å². The average Bonchev–Trinajstić information content (AvgIpc) is 2.86. The molecule has 4 rings (SSSR count). The highest BCUT2D eigenvalue weighted by Crippen LogP contribution is 2.43. The molecule has 13 nitrogen and oxygen atoms in total. The second-order valence-corrected chi connectivity index (χ2v) is 8.40. The Bertz CT molecular complexity index is 1010. The maximum absolute atomic E-state index is 10.7. The molecule has 10 unspecified atom stereocenters. The van der Waals surface area contributed by atoms with Crippen molar-refractivity contribution < 1.29 is 64.9 Å². The summed E-state index contributed by atoms with van der Waals surface area (Å²) in [6, 6.07) is 7.47. The zero-order chi connectivity index (χ0) is 25.4. The predicted molar refractivity (Wildman–Crippen MR) is 114 cm³/mol. The van der Waals surface area contributed by atoms with E-state index in [1.165, 1.54) is 6.07 Å². The lowest BCUT2D eigenvalue weighted by Gasteiger charge is -2.40. The van der Waals surface area contributed by atoms with Gasteiger partial charge in [0.05, 0.1) is 13.2 Å². The monoisotopic (exact) mass is 500 g/mol. The molecule has 0 bridgehead atoms. The van der Waals surface area contributed by atoms with Gasteiger partial charge in [0.25, 0.3) is 0 Å². The normalized spacial score (nSPS) is 37.8. The number of aliphatic hydroxyl groups is 8. The van der Waals surface area contributed by atoms with Crippen LogP contribution >= 0.6 is 0 Å². The Balaban J connectivity index is 1.65. The molecule has 0 aliphatic carbocycles. The highest BCUT2D eigenvalue weighted by atomic mass is 16.7.